The summed E-state index contributed by atoms with van der Waals surface area (Å²) in [6.07, 6.45) is 3.86. The third kappa shape index (κ3) is 1.80. The summed E-state index contributed by atoms with van der Waals surface area (Å²) in [5.74, 6) is 0.0244. The average molecular weight is 224 g/mol. The Kier molecular flexibility index (Phi) is 2.91. The number of carboxylic acids is 1. The standard InChI is InChI=1S/C10H16N4O2/c1-2-14-8(11-7-13-14)6-12-10(9(15)16)4-3-5-10/h7,12H,2-6H2,1H3,(H,15,16). The fourth-order valence-electron chi connectivity index (χ4n) is 1.93. The Bertz CT molecular complexity index is 384. The zero-order valence-electron chi connectivity index (χ0n) is 9.31. The van der Waals surface area contributed by atoms with Crippen LogP contribution in [-0.4, -0.2) is 31.4 Å². The number of nitrogens with one attached hydrogen (secondary N) is 1. The quantitative estimate of drug-likeness (QED) is 0.756. The van der Waals surface area contributed by atoms with E-state index in [2.05, 4.69) is 15.4 Å². The first-order valence-corrected chi connectivity index (χ1v) is 5.53. The maximum absolute atomic E-state index is 11.1. The first kappa shape index (κ1) is 11.1. The van der Waals surface area contributed by atoms with E-state index in [1.165, 1.54) is 6.33 Å². The SMILES string of the molecule is CCn1ncnc1CNC1(C(=O)O)CCC1. The number of hydrogen-bond acceptors (Lipinski definition) is 4. The molecule has 0 bridgehead atoms. The molecule has 1 aromatic rings. The van der Waals surface area contributed by atoms with Gasteiger partial charge in [-0.2, -0.15) is 5.10 Å². The Hall–Kier alpha value is -1.43. The number of nitrogens with zero attached hydrogens (tertiary/aromatic N) is 3. The van der Waals surface area contributed by atoms with Gasteiger partial charge in [-0.25, -0.2) is 9.67 Å². The zero-order chi connectivity index (χ0) is 11.6. The Morgan fingerprint density at radius 1 is 1.69 bits per heavy atom. The molecule has 6 nitrogen and oxygen atoms in total. The normalized spacial score (nSPS) is 18.1. The summed E-state index contributed by atoms with van der Waals surface area (Å²) in [5, 5.41) is 16.3. The van der Waals surface area contributed by atoms with Gasteiger partial charge in [0.25, 0.3) is 0 Å². The van der Waals surface area contributed by atoms with Crippen LogP contribution in [0.1, 0.15) is 32.0 Å². The van der Waals surface area contributed by atoms with Crippen molar-refractivity contribution in [2.24, 2.45) is 0 Å². The molecule has 0 aliphatic heterocycles. The molecule has 0 unspecified atom stereocenters. The molecule has 1 aromatic heterocycles. The van der Waals surface area contributed by atoms with Crippen LogP contribution in [0.2, 0.25) is 0 Å². The summed E-state index contributed by atoms with van der Waals surface area (Å²) in [6.45, 7) is 3.19. The van der Waals surface area contributed by atoms with Crippen LogP contribution in [0.4, 0.5) is 0 Å². The van der Waals surface area contributed by atoms with E-state index in [4.69, 9.17) is 5.11 Å². The molecule has 1 aliphatic rings. The molecule has 1 heterocycles. The molecule has 0 spiro atoms. The van der Waals surface area contributed by atoms with Gasteiger partial charge in [-0.1, -0.05) is 0 Å². The van der Waals surface area contributed by atoms with Gasteiger partial charge in [0.15, 0.2) is 0 Å². The molecule has 0 radical (unpaired) electrons. The number of aryl methyl sites for hydroxylation is 1. The van der Waals surface area contributed by atoms with Crippen LogP contribution in [0, 0.1) is 0 Å². The fourth-order valence-corrected chi connectivity index (χ4v) is 1.93. The number of rotatable bonds is 5. The van der Waals surface area contributed by atoms with Crippen molar-refractivity contribution in [1.82, 2.24) is 20.1 Å². The molecule has 2 rings (SSSR count). The first-order chi connectivity index (χ1) is 7.68. The summed E-state index contributed by atoms with van der Waals surface area (Å²) in [6, 6.07) is 0. The van der Waals surface area contributed by atoms with Crippen LogP contribution in [-0.2, 0) is 17.9 Å². The van der Waals surface area contributed by atoms with Crippen molar-refractivity contribution < 1.29 is 9.90 Å². The molecule has 0 amide bonds. The predicted octanol–water partition coefficient (Wildman–Crippen LogP) is 0.395. The van der Waals surface area contributed by atoms with Crippen molar-refractivity contribution in [3.05, 3.63) is 12.2 Å². The van der Waals surface area contributed by atoms with Crippen molar-refractivity contribution >= 4 is 5.97 Å². The summed E-state index contributed by atoms with van der Waals surface area (Å²) in [5.41, 5.74) is -0.732. The lowest BCUT2D eigenvalue weighted by Gasteiger charge is -2.38. The van der Waals surface area contributed by atoms with Gasteiger partial charge in [0.1, 0.15) is 17.7 Å². The van der Waals surface area contributed by atoms with E-state index in [9.17, 15) is 4.79 Å². The lowest BCUT2D eigenvalue weighted by molar-refractivity contribution is -0.148. The second-order valence-corrected chi connectivity index (χ2v) is 4.09. The van der Waals surface area contributed by atoms with Crippen LogP contribution in [0.15, 0.2) is 6.33 Å². The minimum absolute atomic E-state index is 0.458. The molecule has 0 saturated heterocycles. The van der Waals surface area contributed by atoms with E-state index in [1.807, 2.05) is 6.92 Å². The first-order valence-electron chi connectivity index (χ1n) is 5.53. The monoisotopic (exact) mass is 224 g/mol. The molecule has 1 fully saturated rings. The Balaban J connectivity index is 1.99. The average Bonchev–Trinajstić information content (AvgIpc) is 2.63. The van der Waals surface area contributed by atoms with Crippen LogP contribution >= 0.6 is 0 Å². The van der Waals surface area contributed by atoms with Crippen molar-refractivity contribution in [3.63, 3.8) is 0 Å². The Morgan fingerprint density at radius 2 is 2.44 bits per heavy atom. The van der Waals surface area contributed by atoms with Gasteiger partial charge in [0.05, 0.1) is 6.54 Å². The van der Waals surface area contributed by atoms with Gasteiger partial charge in [-0.15, -0.1) is 0 Å². The fraction of sp³-hybridized carbons (Fsp3) is 0.700. The highest BCUT2D eigenvalue weighted by Crippen LogP contribution is 2.32. The second-order valence-electron chi connectivity index (χ2n) is 4.09. The molecule has 0 aromatic carbocycles. The van der Waals surface area contributed by atoms with Gasteiger partial charge >= 0.3 is 5.97 Å². The molecule has 6 heteroatoms. The van der Waals surface area contributed by atoms with Gasteiger partial charge in [0, 0.05) is 6.54 Å². The third-order valence-corrected chi connectivity index (χ3v) is 3.20. The molecular weight excluding hydrogens is 208 g/mol. The van der Waals surface area contributed by atoms with E-state index < -0.39 is 11.5 Å². The zero-order valence-corrected chi connectivity index (χ0v) is 9.31. The molecule has 0 atom stereocenters. The lowest BCUT2D eigenvalue weighted by Crippen LogP contribution is -2.56. The molecule has 2 N–H and O–H groups in total. The maximum Gasteiger partial charge on any atom is 0.323 e. The highest BCUT2D eigenvalue weighted by Gasteiger charge is 2.44. The minimum atomic E-state index is -0.763. The van der Waals surface area contributed by atoms with E-state index in [-0.39, 0.29) is 0 Å². The molecular formula is C10H16N4O2. The Labute approximate surface area is 93.7 Å². The van der Waals surface area contributed by atoms with Crippen molar-refractivity contribution in [3.8, 4) is 0 Å². The number of hydrogen-bond donors (Lipinski definition) is 2. The van der Waals surface area contributed by atoms with E-state index in [1.54, 1.807) is 4.68 Å². The second kappa shape index (κ2) is 4.21. The summed E-state index contributed by atoms with van der Waals surface area (Å²) in [7, 11) is 0. The van der Waals surface area contributed by atoms with Crippen molar-refractivity contribution in [2.45, 2.75) is 44.8 Å². The smallest absolute Gasteiger partial charge is 0.323 e. The number of aliphatic carboxylic acids is 1. The topological polar surface area (TPSA) is 80.0 Å². The summed E-state index contributed by atoms with van der Waals surface area (Å²) in [4.78, 5) is 15.2. The van der Waals surface area contributed by atoms with Crippen molar-refractivity contribution in [2.75, 3.05) is 0 Å². The Morgan fingerprint density at radius 3 is 2.94 bits per heavy atom. The highest BCUT2D eigenvalue weighted by molar-refractivity contribution is 5.79. The molecule has 1 saturated carbocycles. The lowest BCUT2D eigenvalue weighted by atomic mass is 9.77. The largest absolute Gasteiger partial charge is 0.480 e. The van der Waals surface area contributed by atoms with E-state index >= 15 is 0 Å². The van der Waals surface area contributed by atoms with Crippen LogP contribution < -0.4 is 5.32 Å². The van der Waals surface area contributed by atoms with E-state index in [0.717, 1.165) is 18.8 Å². The van der Waals surface area contributed by atoms with Gasteiger partial charge in [0.2, 0.25) is 0 Å². The van der Waals surface area contributed by atoms with Crippen LogP contribution in [0.3, 0.4) is 0 Å². The molecule has 1 aliphatic carbocycles. The van der Waals surface area contributed by atoms with Crippen LogP contribution in [0.25, 0.3) is 0 Å². The number of aromatic nitrogens is 3. The summed E-state index contributed by atoms with van der Waals surface area (Å²) >= 11 is 0. The van der Waals surface area contributed by atoms with E-state index in [0.29, 0.717) is 19.4 Å². The number of carbonyl (C=O) groups is 1. The molecule has 16 heavy (non-hydrogen) atoms. The van der Waals surface area contributed by atoms with Crippen LogP contribution in [0.5, 0.6) is 0 Å². The van der Waals surface area contributed by atoms with Gasteiger partial charge in [-0.05, 0) is 26.2 Å². The summed E-state index contributed by atoms with van der Waals surface area (Å²) < 4.78 is 1.77. The van der Waals surface area contributed by atoms with Gasteiger partial charge in [-0.3, -0.25) is 10.1 Å². The highest BCUT2D eigenvalue weighted by atomic mass is 16.4. The van der Waals surface area contributed by atoms with Gasteiger partial charge < -0.3 is 5.11 Å². The maximum atomic E-state index is 11.1. The molecule has 88 valence electrons. The minimum Gasteiger partial charge on any atom is -0.480 e. The van der Waals surface area contributed by atoms with Crippen molar-refractivity contribution in [1.29, 1.82) is 0 Å². The number of carboxylic acid groups (broad SMARTS) is 1. The third-order valence-electron chi connectivity index (χ3n) is 3.20. The predicted molar refractivity (Wildman–Crippen MR) is 56.8 cm³/mol.